The maximum Gasteiger partial charge on any atom is 0.243 e. The second-order valence-corrected chi connectivity index (χ2v) is 8.56. The number of benzene rings is 3. The molecular weight excluding hydrogens is 390 g/mol. The molecule has 0 saturated carbocycles. The molecule has 0 aliphatic carbocycles. The Morgan fingerprint density at radius 1 is 0.862 bits per heavy atom. The standard InChI is InChI=1S/C22H21NO5S/c1-26-19-8-10-20(11-9-19)29(24,25)23(14-17-5-3-2-4-6-17)15-18-7-12-21-22(13-18)28-16-27-21/h2-13H,14-16H2,1H3. The van der Waals surface area contributed by atoms with Crippen molar-refractivity contribution in [1.29, 1.82) is 0 Å². The fourth-order valence-corrected chi connectivity index (χ4v) is 4.57. The first-order valence-electron chi connectivity index (χ1n) is 9.13. The first-order chi connectivity index (χ1) is 14.1. The van der Waals surface area contributed by atoms with Gasteiger partial charge in [0.25, 0.3) is 0 Å². The minimum absolute atomic E-state index is 0.177. The predicted molar refractivity (Wildman–Crippen MR) is 108 cm³/mol. The van der Waals surface area contributed by atoms with Crippen molar-refractivity contribution in [3.05, 3.63) is 83.9 Å². The van der Waals surface area contributed by atoms with E-state index in [1.807, 2.05) is 42.5 Å². The summed E-state index contributed by atoms with van der Waals surface area (Å²) < 4.78 is 44.2. The maximum absolute atomic E-state index is 13.4. The molecule has 1 aliphatic heterocycles. The Morgan fingerprint density at radius 2 is 1.55 bits per heavy atom. The van der Waals surface area contributed by atoms with Gasteiger partial charge in [0.1, 0.15) is 5.75 Å². The van der Waals surface area contributed by atoms with Crippen molar-refractivity contribution in [2.45, 2.75) is 18.0 Å². The fraction of sp³-hybridized carbons (Fsp3) is 0.182. The maximum atomic E-state index is 13.4. The van der Waals surface area contributed by atoms with E-state index >= 15 is 0 Å². The highest BCUT2D eigenvalue weighted by Crippen LogP contribution is 2.33. The minimum atomic E-state index is -3.73. The molecular formula is C22H21NO5S. The summed E-state index contributed by atoms with van der Waals surface area (Å²) in [5.74, 6) is 1.90. The van der Waals surface area contributed by atoms with Crippen LogP contribution in [0.3, 0.4) is 0 Å². The molecule has 7 heteroatoms. The van der Waals surface area contributed by atoms with E-state index in [1.165, 1.54) is 4.31 Å². The van der Waals surface area contributed by atoms with Crippen molar-refractivity contribution in [2.75, 3.05) is 13.9 Å². The molecule has 0 amide bonds. The van der Waals surface area contributed by atoms with Gasteiger partial charge in [-0.1, -0.05) is 36.4 Å². The Balaban J connectivity index is 1.67. The third-order valence-corrected chi connectivity index (χ3v) is 6.50. The monoisotopic (exact) mass is 411 g/mol. The molecule has 1 heterocycles. The average molecular weight is 411 g/mol. The van der Waals surface area contributed by atoms with Crippen molar-refractivity contribution in [1.82, 2.24) is 4.31 Å². The van der Waals surface area contributed by atoms with Gasteiger partial charge in [-0.25, -0.2) is 8.42 Å². The average Bonchev–Trinajstić information content (AvgIpc) is 3.22. The minimum Gasteiger partial charge on any atom is -0.497 e. The Morgan fingerprint density at radius 3 is 2.28 bits per heavy atom. The van der Waals surface area contributed by atoms with Crippen LogP contribution >= 0.6 is 0 Å². The number of sulfonamides is 1. The Kier molecular flexibility index (Phi) is 5.42. The van der Waals surface area contributed by atoms with Gasteiger partial charge in [-0.05, 0) is 47.5 Å². The van der Waals surface area contributed by atoms with Crippen LogP contribution in [0, 0.1) is 0 Å². The largest absolute Gasteiger partial charge is 0.497 e. The van der Waals surface area contributed by atoms with Gasteiger partial charge in [0.15, 0.2) is 11.5 Å². The molecule has 0 atom stereocenters. The van der Waals surface area contributed by atoms with E-state index in [-0.39, 0.29) is 24.8 Å². The van der Waals surface area contributed by atoms with Gasteiger partial charge >= 0.3 is 0 Å². The van der Waals surface area contributed by atoms with Crippen LogP contribution in [0.5, 0.6) is 17.2 Å². The molecule has 6 nitrogen and oxygen atoms in total. The normalized spacial score (nSPS) is 12.9. The summed E-state index contributed by atoms with van der Waals surface area (Å²) >= 11 is 0. The zero-order valence-electron chi connectivity index (χ0n) is 15.9. The van der Waals surface area contributed by atoms with E-state index < -0.39 is 10.0 Å². The van der Waals surface area contributed by atoms with Crippen molar-refractivity contribution in [3.63, 3.8) is 0 Å². The van der Waals surface area contributed by atoms with Gasteiger partial charge in [-0.3, -0.25) is 0 Å². The number of fused-ring (bicyclic) bond motifs is 1. The number of methoxy groups -OCH3 is 1. The van der Waals surface area contributed by atoms with Crippen molar-refractivity contribution < 1.29 is 22.6 Å². The summed E-state index contributed by atoms with van der Waals surface area (Å²) in [6.45, 7) is 0.639. The van der Waals surface area contributed by atoms with E-state index in [2.05, 4.69) is 0 Å². The lowest BCUT2D eigenvalue weighted by molar-refractivity contribution is 0.174. The van der Waals surface area contributed by atoms with Crippen LogP contribution in [0.25, 0.3) is 0 Å². The van der Waals surface area contributed by atoms with E-state index in [9.17, 15) is 8.42 Å². The Bertz CT molecular complexity index is 1080. The highest BCUT2D eigenvalue weighted by Gasteiger charge is 2.26. The number of hydrogen-bond donors (Lipinski definition) is 0. The van der Waals surface area contributed by atoms with Gasteiger partial charge in [0.2, 0.25) is 16.8 Å². The summed E-state index contributed by atoms with van der Waals surface area (Å²) in [6.07, 6.45) is 0. The number of nitrogens with zero attached hydrogens (tertiary/aromatic N) is 1. The highest BCUT2D eigenvalue weighted by atomic mass is 32.2. The molecule has 0 radical (unpaired) electrons. The first kappa shape index (κ1) is 19.3. The predicted octanol–water partition coefficient (Wildman–Crippen LogP) is 3.82. The van der Waals surface area contributed by atoms with Gasteiger partial charge in [0, 0.05) is 13.1 Å². The third-order valence-electron chi connectivity index (χ3n) is 4.69. The van der Waals surface area contributed by atoms with Crippen LogP contribution in [-0.2, 0) is 23.1 Å². The van der Waals surface area contributed by atoms with Crippen LogP contribution in [-0.4, -0.2) is 26.6 Å². The van der Waals surface area contributed by atoms with Crippen LogP contribution in [0.15, 0.2) is 77.7 Å². The molecule has 1 aliphatic rings. The van der Waals surface area contributed by atoms with Crippen molar-refractivity contribution >= 4 is 10.0 Å². The van der Waals surface area contributed by atoms with Crippen LogP contribution in [0.1, 0.15) is 11.1 Å². The molecule has 3 aromatic rings. The fourth-order valence-electron chi connectivity index (χ4n) is 3.15. The summed E-state index contributed by atoms with van der Waals surface area (Å²) in [5, 5.41) is 0. The molecule has 0 N–H and O–H groups in total. The molecule has 3 aromatic carbocycles. The molecule has 29 heavy (non-hydrogen) atoms. The third kappa shape index (κ3) is 4.21. The number of rotatable bonds is 7. The zero-order valence-corrected chi connectivity index (χ0v) is 16.8. The molecule has 0 unspecified atom stereocenters. The Labute approximate surface area is 170 Å². The van der Waals surface area contributed by atoms with Gasteiger partial charge in [-0.2, -0.15) is 4.31 Å². The second kappa shape index (κ2) is 8.14. The quantitative estimate of drug-likeness (QED) is 0.591. The lowest BCUT2D eigenvalue weighted by atomic mass is 10.2. The summed E-state index contributed by atoms with van der Waals surface area (Å²) in [7, 11) is -2.18. The van der Waals surface area contributed by atoms with E-state index in [0.717, 1.165) is 11.1 Å². The summed E-state index contributed by atoms with van der Waals surface area (Å²) in [4.78, 5) is 0.218. The number of hydrogen-bond acceptors (Lipinski definition) is 5. The second-order valence-electron chi connectivity index (χ2n) is 6.62. The van der Waals surface area contributed by atoms with Crippen LogP contribution < -0.4 is 14.2 Å². The van der Waals surface area contributed by atoms with Crippen molar-refractivity contribution in [3.8, 4) is 17.2 Å². The molecule has 0 spiro atoms. The molecule has 150 valence electrons. The zero-order chi connectivity index (χ0) is 20.3. The molecule has 0 saturated heterocycles. The van der Waals surface area contributed by atoms with E-state index in [4.69, 9.17) is 14.2 Å². The molecule has 0 bridgehead atoms. The molecule has 4 rings (SSSR count). The summed E-state index contributed by atoms with van der Waals surface area (Å²) in [5.41, 5.74) is 1.73. The highest BCUT2D eigenvalue weighted by molar-refractivity contribution is 7.89. The van der Waals surface area contributed by atoms with Crippen LogP contribution in [0.4, 0.5) is 0 Å². The number of ether oxygens (including phenoxy) is 3. The molecule has 0 aromatic heterocycles. The van der Waals surface area contributed by atoms with Crippen molar-refractivity contribution in [2.24, 2.45) is 0 Å². The summed E-state index contributed by atoms with van der Waals surface area (Å²) in [6, 6.07) is 21.4. The lowest BCUT2D eigenvalue weighted by Gasteiger charge is -2.23. The lowest BCUT2D eigenvalue weighted by Crippen LogP contribution is -2.30. The van der Waals surface area contributed by atoms with Gasteiger partial charge in [0.05, 0.1) is 12.0 Å². The Hall–Kier alpha value is -3.03. The molecule has 0 fully saturated rings. The van der Waals surface area contributed by atoms with E-state index in [0.29, 0.717) is 17.2 Å². The topological polar surface area (TPSA) is 65.1 Å². The van der Waals surface area contributed by atoms with Gasteiger partial charge < -0.3 is 14.2 Å². The van der Waals surface area contributed by atoms with Gasteiger partial charge in [-0.15, -0.1) is 0 Å². The van der Waals surface area contributed by atoms with E-state index in [1.54, 1.807) is 37.4 Å². The smallest absolute Gasteiger partial charge is 0.243 e. The SMILES string of the molecule is COc1ccc(S(=O)(=O)N(Cc2ccccc2)Cc2ccc3c(c2)OCO3)cc1. The first-order valence-corrected chi connectivity index (χ1v) is 10.6. The van der Waals surface area contributed by atoms with Crippen LogP contribution in [0.2, 0.25) is 0 Å².